The number of aliphatic hydroxyl groups excluding tert-OH is 5. The maximum Gasteiger partial charge on any atom is 0.302 e. The van der Waals surface area contributed by atoms with Crippen LogP contribution in [0.4, 0.5) is 0 Å². The molecule has 2 aliphatic rings. The van der Waals surface area contributed by atoms with E-state index in [0.29, 0.717) is 0 Å². The van der Waals surface area contributed by atoms with Gasteiger partial charge in [-0.2, -0.15) is 0 Å². The normalized spacial score (nSPS) is 30.7. The van der Waals surface area contributed by atoms with Crippen LogP contribution in [-0.4, -0.2) is 104 Å². The Hall–Kier alpha value is -3.96. The quantitative estimate of drug-likeness (QED) is 0.167. The number of phenols is 2. The van der Waals surface area contributed by atoms with Crippen molar-refractivity contribution in [1.29, 1.82) is 0 Å². The van der Waals surface area contributed by atoms with Gasteiger partial charge in [0.15, 0.2) is 17.3 Å². The molecule has 0 saturated carbocycles. The number of rotatable bonds is 7. The van der Waals surface area contributed by atoms with Gasteiger partial charge in [0.25, 0.3) is 0 Å². The lowest BCUT2D eigenvalue weighted by Gasteiger charge is -2.38. The summed E-state index contributed by atoms with van der Waals surface area (Å²) in [6.45, 7) is 2.17. The van der Waals surface area contributed by atoms with Crippen LogP contribution < -0.4 is 14.9 Å². The first kappa shape index (κ1) is 30.5. The minimum Gasteiger partial charge on any atom is -0.508 e. The van der Waals surface area contributed by atoms with Gasteiger partial charge in [-0.3, -0.25) is 9.59 Å². The van der Waals surface area contributed by atoms with Crippen molar-refractivity contribution in [2.45, 2.75) is 69.2 Å². The van der Waals surface area contributed by atoms with E-state index >= 15 is 0 Å². The van der Waals surface area contributed by atoms with E-state index in [1.807, 2.05) is 0 Å². The number of carbonyl (C=O) groups excluding carboxylic acids is 1. The average Bonchev–Trinajstić information content (AvgIpc) is 3.24. The van der Waals surface area contributed by atoms with Gasteiger partial charge in [0.1, 0.15) is 59.9 Å². The van der Waals surface area contributed by atoms with Crippen molar-refractivity contribution in [2.75, 3.05) is 6.61 Å². The molecular weight excluding hydrogens is 576 g/mol. The highest BCUT2D eigenvalue weighted by molar-refractivity contribution is 5.89. The molecule has 0 unspecified atom stereocenters. The highest BCUT2D eigenvalue weighted by Gasteiger charge is 2.46. The van der Waals surface area contributed by atoms with E-state index in [9.17, 15) is 45.3 Å². The van der Waals surface area contributed by atoms with Crippen molar-refractivity contribution in [3.05, 3.63) is 46.6 Å². The zero-order valence-electron chi connectivity index (χ0n) is 22.8. The van der Waals surface area contributed by atoms with Gasteiger partial charge in [-0.1, -0.05) is 0 Å². The molecule has 0 bridgehead atoms. The molecule has 3 heterocycles. The summed E-state index contributed by atoms with van der Waals surface area (Å²) in [5.41, 5.74) is -0.855. The molecule has 1 aromatic heterocycles. The van der Waals surface area contributed by atoms with Gasteiger partial charge in [-0.25, -0.2) is 0 Å². The van der Waals surface area contributed by atoms with Crippen LogP contribution in [0.5, 0.6) is 23.0 Å². The van der Waals surface area contributed by atoms with E-state index in [-0.39, 0.29) is 28.4 Å². The molecule has 15 nitrogen and oxygen atoms in total. The molecule has 2 fully saturated rings. The maximum absolute atomic E-state index is 13.9. The van der Waals surface area contributed by atoms with Crippen LogP contribution in [0.2, 0.25) is 0 Å². The Morgan fingerprint density at radius 3 is 2.16 bits per heavy atom. The summed E-state index contributed by atoms with van der Waals surface area (Å²) in [4.78, 5) is 25.1. The van der Waals surface area contributed by atoms with Crippen LogP contribution in [0.15, 0.2) is 45.6 Å². The monoisotopic (exact) mass is 606 g/mol. The van der Waals surface area contributed by atoms with Crippen LogP contribution in [0.1, 0.15) is 13.8 Å². The summed E-state index contributed by atoms with van der Waals surface area (Å²) in [7, 11) is 0. The second-order valence-corrected chi connectivity index (χ2v) is 10.2. The van der Waals surface area contributed by atoms with Gasteiger partial charge in [-0.05, 0) is 43.3 Å². The zero-order valence-corrected chi connectivity index (χ0v) is 22.8. The number of aromatic hydroxyl groups is 2. The average molecular weight is 607 g/mol. The number of aliphatic hydroxyl groups is 5. The third-order valence-electron chi connectivity index (χ3n) is 7.14. The number of hydrogen-bond acceptors (Lipinski definition) is 15. The van der Waals surface area contributed by atoms with Crippen LogP contribution in [0.3, 0.4) is 0 Å². The summed E-state index contributed by atoms with van der Waals surface area (Å²) < 4.78 is 33.0. The smallest absolute Gasteiger partial charge is 0.302 e. The SMILES string of the molecule is CC(=O)OC[C@@H]1O[C@@H](Oc2c(-c3ccc(O)cc3)oc3ccc(O[C@@H]4O[C@@H](C)[C@H](O)[C@@H](O)[C@H]4O)c(O)c3c2=O)[C@H](O)[C@H]1O. The lowest BCUT2D eigenvalue weighted by molar-refractivity contribution is -0.268. The molecule has 5 rings (SSSR count). The molecule has 0 radical (unpaired) electrons. The van der Waals surface area contributed by atoms with E-state index in [2.05, 4.69) is 0 Å². The number of ether oxygens (including phenoxy) is 5. The Bertz CT molecular complexity index is 1540. The van der Waals surface area contributed by atoms with E-state index in [4.69, 9.17) is 28.1 Å². The van der Waals surface area contributed by atoms with Crippen molar-refractivity contribution in [2.24, 2.45) is 0 Å². The zero-order chi connectivity index (χ0) is 31.2. The first-order valence-electron chi connectivity index (χ1n) is 13.2. The summed E-state index contributed by atoms with van der Waals surface area (Å²) in [5.74, 6) is -2.58. The van der Waals surface area contributed by atoms with Crippen molar-refractivity contribution in [1.82, 2.24) is 0 Å². The molecule has 0 spiro atoms. The molecule has 9 atom stereocenters. The van der Waals surface area contributed by atoms with Crippen molar-refractivity contribution in [3.63, 3.8) is 0 Å². The predicted octanol–water partition coefficient (Wildman–Crippen LogP) is -0.534. The third kappa shape index (κ3) is 5.83. The van der Waals surface area contributed by atoms with Gasteiger partial charge in [-0.15, -0.1) is 0 Å². The Labute approximate surface area is 242 Å². The third-order valence-corrected chi connectivity index (χ3v) is 7.14. The van der Waals surface area contributed by atoms with E-state index in [0.717, 1.165) is 6.92 Å². The summed E-state index contributed by atoms with van der Waals surface area (Å²) in [6.07, 6.45) is -13.3. The predicted molar refractivity (Wildman–Crippen MR) is 142 cm³/mol. The highest BCUT2D eigenvalue weighted by atomic mass is 16.7. The molecule has 43 heavy (non-hydrogen) atoms. The molecule has 2 saturated heterocycles. The molecule has 0 aliphatic carbocycles. The lowest BCUT2D eigenvalue weighted by Crippen LogP contribution is -2.58. The molecule has 7 N–H and O–H groups in total. The molecular formula is C28H30O15. The number of phenolic OH excluding ortho intramolecular Hbond substituents is 2. The first-order chi connectivity index (χ1) is 20.4. The van der Waals surface area contributed by atoms with E-state index < -0.39 is 90.2 Å². The first-order valence-corrected chi connectivity index (χ1v) is 13.2. The molecule has 232 valence electrons. The van der Waals surface area contributed by atoms with Gasteiger partial charge in [0.2, 0.25) is 23.8 Å². The van der Waals surface area contributed by atoms with Crippen molar-refractivity contribution in [3.8, 4) is 34.3 Å². The minimum absolute atomic E-state index is 0.0844. The second-order valence-electron chi connectivity index (χ2n) is 10.2. The largest absolute Gasteiger partial charge is 0.508 e. The molecule has 0 amide bonds. The van der Waals surface area contributed by atoms with Gasteiger partial charge in [0.05, 0.1) is 6.10 Å². The van der Waals surface area contributed by atoms with Crippen molar-refractivity contribution >= 4 is 16.9 Å². The second kappa shape index (κ2) is 12.0. The topological polar surface area (TPSA) is 235 Å². The van der Waals surface area contributed by atoms with E-state index in [1.54, 1.807) is 0 Å². The summed E-state index contributed by atoms with van der Waals surface area (Å²) in [6, 6.07) is 7.97. The fourth-order valence-electron chi connectivity index (χ4n) is 4.74. The fraction of sp³-hybridized carbons (Fsp3) is 0.429. The Morgan fingerprint density at radius 1 is 0.837 bits per heavy atom. The van der Waals surface area contributed by atoms with Crippen LogP contribution in [-0.2, 0) is 19.0 Å². The van der Waals surface area contributed by atoms with Gasteiger partial charge >= 0.3 is 5.97 Å². The Kier molecular flexibility index (Phi) is 8.49. The van der Waals surface area contributed by atoms with Gasteiger partial charge in [0, 0.05) is 12.5 Å². The Balaban J connectivity index is 1.55. The maximum atomic E-state index is 13.9. The number of hydrogen-bond donors (Lipinski definition) is 7. The van der Waals surface area contributed by atoms with Crippen molar-refractivity contribution < 1.29 is 68.6 Å². The van der Waals surface area contributed by atoms with Crippen LogP contribution in [0.25, 0.3) is 22.3 Å². The number of esters is 1. The van der Waals surface area contributed by atoms with E-state index in [1.165, 1.54) is 43.3 Å². The summed E-state index contributed by atoms with van der Waals surface area (Å²) in [5, 5.41) is 71.7. The van der Waals surface area contributed by atoms with Crippen LogP contribution in [0, 0.1) is 0 Å². The minimum atomic E-state index is -1.71. The molecule has 15 heteroatoms. The fourth-order valence-corrected chi connectivity index (χ4v) is 4.74. The lowest BCUT2D eigenvalue weighted by atomic mass is 10.00. The summed E-state index contributed by atoms with van der Waals surface area (Å²) >= 11 is 0. The molecule has 2 aromatic carbocycles. The standard InChI is InChI=1S/C28H30O15/c1-10-18(31)22(35)24(37)27(39-10)41-15-8-7-14-17(19(15)32)21(34)26(25(40-14)12-3-5-13(30)6-4-12)43-28-23(36)20(33)16(42-28)9-38-11(2)29/h3-8,10,16,18,20,22-24,27-28,30-33,35-37H,9H2,1-2H3/t10-,16-,18-,20-,22+,23+,24+,27-,28-/m0/s1. The number of carbonyl (C=O) groups is 1. The number of benzene rings is 2. The van der Waals surface area contributed by atoms with Crippen LogP contribution >= 0.6 is 0 Å². The van der Waals surface area contributed by atoms with Gasteiger partial charge < -0.3 is 63.8 Å². The molecule has 3 aromatic rings. The molecule has 2 aliphatic heterocycles. The number of fused-ring (bicyclic) bond motifs is 1. The Morgan fingerprint density at radius 2 is 1.49 bits per heavy atom. The highest BCUT2D eigenvalue weighted by Crippen LogP contribution is 2.40.